The van der Waals surface area contributed by atoms with Crippen molar-refractivity contribution in [3.63, 3.8) is 0 Å². The van der Waals surface area contributed by atoms with Gasteiger partial charge in [-0.15, -0.1) is 12.4 Å². The predicted molar refractivity (Wildman–Crippen MR) is 94.4 cm³/mol. The molecule has 21 heavy (non-hydrogen) atoms. The molecule has 0 radical (unpaired) electrons. The number of nitrogens with one attached hydrogen (secondary N) is 1. The Labute approximate surface area is 140 Å². The Morgan fingerprint density at radius 3 is 2.43 bits per heavy atom. The predicted octanol–water partition coefficient (Wildman–Crippen LogP) is 3.32. The van der Waals surface area contributed by atoms with Gasteiger partial charge in [-0.1, -0.05) is 39.5 Å². The summed E-state index contributed by atoms with van der Waals surface area (Å²) in [6.07, 6.45) is 7.56. The lowest BCUT2D eigenvalue weighted by molar-refractivity contribution is -0.134. The van der Waals surface area contributed by atoms with Gasteiger partial charge in [0.1, 0.15) is 0 Å². The Morgan fingerprint density at radius 2 is 1.86 bits per heavy atom. The first-order chi connectivity index (χ1) is 9.72. The first kappa shape index (κ1) is 19.1. The molecule has 0 aromatic rings. The van der Waals surface area contributed by atoms with E-state index < -0.39 is 0 Å². The standard InChI is InChI=1S/C16H30N2OS.ClH/c1-3-13(2)15(17-14-7-5-4-6-8-14)16(19)18-9-11-20-12-10-18;/h13-15,17H,3-12H2,1-2H3;1H/t13-,15+;/m1./s1. The van der Waals surface area contributed by atoms with Crippen molar-refractivity contribution in [1.82, 2.24) is 10.2 Å². The van der Waals surface area contributed by atoms with Crippen molar-refractivity contribution in [3.05, 3.63) is 0 Å². The number of carbonyl (C=O) groups excluding carboxylic acids is 1. The zero-order valence-corrected chi connectivity index (χ0v) is 15.1. The Morgan fingerprint density at radius 1 is 1.24 bits per heavy atom. The Balaban J connectivity index is 0.00000220. The van der Waals surface area contributed by atoms with E-state index in [2.05, 4.69) is 24.1 Å². The van der Waals surface area contributed by atoms with Crippen LogP contribution in [-0.4, -0.2) is 47.5 Å². The maximum atomic E-state index is 12.8. The molecule has 1 heterocycles. The van der Waals surface area contributed by atoms with Crippen LogP contribution >= 0.6 is 24.2 Å². The number of halogens is 1. The van der Waals surface area contributed by atoms with Crippen molar-refractivity contribution in [2.45, 2.75) is 64.5 Å². The molecule has 0 bridgehead atoms. The van der Waals surface area contributed by atoms with Gasteiger partial charge in [0.2, 0.25) is 5.91 Å². The molecule has 0 aromatic heterocycles. The van der Waals surface area contributed by atoms with Crippen molar-refractivity contribution >= 4 is 30.1 Å². The second kappa shape index (κ2) is 9.96. The third-order valence-electron chi connectivity index (χ3n) is 4.82. The van der Waals surface area contributed by atoms with Gasteiger partial charge in [-0.05, 0) is 18.8 Å². The highest BCUT2D eigenvalue weighted by Gasteiger charge is 2.31. The number of hydrogen-bond acceptors (Lipinski definition) is 3. The molecule has 3 nitrogen and oxygen atoms in total. The maximum Gasteiger partial charge on any atom is 0.240 e. The number of amides is 1. The van der Waals surface area contributed by atoms with Gasteiger partial charge in [0.25, 0.3) is 0 Å². The van der Waals surface area contributed by atoms with E-state index in [4.69, 9.17) is 0 Å². The summed E-state index contributed by atoms with van der Waals surface area (Å²) >= 11 is 1.96. The summed E-state index contributed by atoms with van der Waals surface area (Å²) in [5, 5.41) is 3.71. The minimum atomic E-state index is 0. The largest absolute Gasteiger partial charge is 0.340 e. The Kier molecular flexibility index (Phi) is 9.07. The molecule has 1 amide bonds. The lowest BCUT2D eigenvalue weighted by atomic mass is 9.91. The second-order valence-corrected chi connectivity index (χ2v) is 7.53. The normalized spacial score (nSPS) is 23.2. The smallest absolute Gasteiger partial charge is 0.240 e. The van der Waals surface area contributed by atoms with Crippen LogP contribution in [0.25, 0.3) is 0 Å². The lowest BCUT2D eigenvalue weighted by Crippen LogP contribution is -2.54. The zero-order valence-electron chi connectivity index (χ0n) is 13.5. The third-order valence-corrected chi connectivity index (χ3v) is 5.76. The van der Waals surface area contributed by atoms with Gasteiger partial charge in [0, 0.05) is 30.6 Å². The summed E-state index contributed by atoms with van der Waals surface area (Å²) < 4.78 is 0. The van der Waals surface area contributed by atoms with Crippen LogP contribution in [0.2, 0.25) is 0 Å². The average molecular weight is 335 g/mol. The van der Waals surface area contributed by atoms with E-state index >= 15 is 0 Å². The molecule has 1 N–H and O–H groups in total. The van der Waals surface area contributed by atoms with E-state index in [9.17, 15) is 4.79 Å². The molecule has 2 aliphatic rings. The van der Waals surface area contributed by atoms with Gasteiger partial charge >= 0.3 is 0 Å². The molecular weight excluding hydrogens is 304 g/mol. The van der Waals surface area contributed by atoms with E-state index in [1.54, 1.807) is 0 Å². The number of rotatable bonds is 5. The summed E-state index contributed by atoms with van der Waals surface area (Å²) in [5.41, 5.74) is 0. The van der Waals surface area contributed by atoms with Crippen molar-refractivity contribution in [3.8, 4) is 0 Å². The summed E-state index contributed by atoms with van der Waals surface area (Å²) in [6.45, 7) is 6.28. The van der Waals surface area contributed by atoms with Crippen molar-refractivity contribution < 1.29 is 4.79 Å². The fraction of sp³-hybridized carbons (Fsp3) is 0.938. The highest BCUT2D eigenvalue weighted by molar-refractivity contribution is 7.99. The number of hydrogen-bond donors (Lipinski definition) is 1. The van der Waals surface area contributed by atoms with Gasteiger partial charge in [0.05, 0.1) is 6.04 Å². The van der Waals surface area contributed by atoms with E-state index in [0.717, 1.165) is 31.0 Å². The second-order valence-electron chi connectivity index (χ2n) is 6.30. The van der Waals surface area contributed by atoms with E-state index in [1.165, 1.54) is 32.1 Å². The van der Waals surface area contributed by atoms with Crippen LogP contribution in [0.15, 0.2) is 0 Å². The first-order valence-electron chi connectivity index (χ1n) is 8.35. The molecule has 2 fully saturated rings. The average Bonchev–Trinajstić information content (AvgIpc) is 2.53. The highest BCUT2D eigenvalue weighted by Crippen LogP contribution is 2.21. The minimum absolute atomic E-state index is 0. The van der Waals surface area contributed by atoms with Crippen LogP contribution in [0, 0.1) is 5.92 Å². The Bertz CT molecular complexity index is 305. The van der Waals surface area contributed by atoms with Crippen molar-refractivity contribution in [1.29, 1.82) is 0 Å². The summed E-state index contributed by atoms with van der Waals surface area (Å²) in [6, 6.07) is 0.595. The van der Waals surface area contributed by atoms with Gasteiger partial charge < -0.3 is 10.2 Å². The van der Waals surface area contributed by atoms with Gasteiger partial charge in [0.15, 0.2) is 0 Å². The van der Waals surface area contributed by atoms with Crippen LogP contribution in [0.3, 0.4) is 0 Å². The molecule has 1 aliphatic carbocycles. The lowest BCUT2D eigenvalue weighted by Gasteiger charge is -2.35. The number of nitrogens with zero attached hydrogens (tertiary/aromatic N) is 1. The van der Waals surface area contributed by atoms with E-state index in [-0.39, 0.29) is 18.4 Å². The van der Waals surface area contributed by atoms with Crippen LogP contribution in [0.4, 0.5) is 0 Å². The summed E-state index contributed by atoms with van der Waals surface area (Å²) in [4.78, 5) is 14.9. The van der Waals surface area contributed by atoms with Crippen LogP contribution < -0.4 is 5.32 Å². The molecule has 1 aliphatic heterocycles. The highest BCUT2D eigenvalue weighted by atomic mass is 35.5. The topological polar surface area (TPSA) is 32.3 Å². The van der Waals surface area contributed by atoms with Crippen LogP contribution in [-0.2, 0) is 4.79 Å². The van der Waals surface area contributed by atoms with Gasteiger partial charge in [-0.2, -0.15) is 11.8 Å². The zero-order chi connectivity index (χ0) is 14.4. The fourth-order valence-electron chi connectivity index (χ4n) is 3.22. The quantitative estimate of drug-likeness (QED) is 0.837. The first-order valence-corrected chi connectivity index (χ1v) is 9.50. The molecule has 2 atom stereocenters. The molecule has 1 saturated carbocycles. The van der Waals surface area contributed by atoms with Crippen LogP contribution in [0.1, 0.15) is 52.4 Å². The van der Waals surface area contributed by atoms with Crippen molar-refractivity contribution in [2.24, 2.45) is 5.92 Å². The molecule has 0 unspecified atom stereocenters. The third kappa shape index (κ3) is 5.65. The van der Waals surface area contributed by atoms with Gasteiger partial charge in [-0.3, -0.25) is 4.79 Å². The molecule has 2 rings (SSSR count). The number of carbonyl (C=O) groups is 1. The fourth-order valence-corrected chi connectivity index (χ4v) is 4.12. The summed E-state index contributed by atoms with van der Waals surface area (Å²) in [7, 11) is 0. The van der Waals surface area contributed by atoms with Crippen LogP contribution in [0.5, 0.6) is 0 Å². The Hall–Kier alpha value is 0.0700. The minimum Gasteiger partial charge on any atom is -0.340 e. The summed E-state index contributed by atoms with van der Waals surface area (Å²) in [5.74, 6) is 2.98. The molecule has 5 heteroatoms. The molecular formula is C16H31ClN2OS. The molecule has 124 valence electrons. The SMILES string of the molecule is CC[C@@H](C)[C@H](NC1CCCCC1)C(=O)N1CCSCC1.Cl. The monoisotopic (exact) mass is 334 g/mol. The molecule has 1 saturated heterocycles. The molecule has 0 spiro atoms. The molecule has 0 aromatic carbocycles. The number of thioether (sulfide) groups is 1. The van der Waals surface area contributed by atoms with E-state index in [1.807, 2.05) is 11.8 Å². The van der Waals surface area contributed by atoms with E-state index in [0.29, 0.717) is 17.9 Å². The van der Waals surface area contributed by atoms with Crippen molar-refractivity contribution in [2.75, 3.05) is 24.6 Å². The van der Waals surface area contributed by atoms with Gasteiger partial charge in [-0.25, -0.2) is 0 Å². The maximum absolute atomic E-state index is 12.8.